The van der Waals surface area contributed by atoms with Crippen molar-refractivity contribution in [2.24, 2.45) is 5.73 Å². The van der Waals surface area contributed by atoms with Gasteiger partial charge in [-0.15, -0.1) is 0 Å². The normalized spacial score (nSPS) is 16.5. The minimum atomic E-state index is -0.907. The maximum Gasteiger partial charge on any atom is 0.126 e. The SMILES string of the molecule is NC(Cc1cc(F)cc(F)c1)c1nc(C#CC2(O)CCC2)ccc1Br. The zero-order chi connectivity index (χ0) is 18.0. The van der Waals surface area contributed by atoms with E-state index >= 15 is 0 Å². The zero-order valence-corrected chi connectivity index (χ0v) is 15.0. The van der Waals surface area contributed by atoms with Crippen LogP contribution in [-0.2, 0) is 6.42 Å². The highest BCUT2D eigenvalue weighted by atomic mass is 79.9. The van der Waals surface area contributed by atoms with Gasteiger partial charge in [-0.05, 0) is 77.4 Å². The molecule has 3 rings (SSSR count). The molecule has 2 aromatic rings. The van der Waals surface area contributed by atoms with E-state index in [1.54, 1.807) is 12.1 Å². The Kier molecular flexibility index (Phi) is 5.19. The number of halogens is 3. The van der Waals surface area contributed by atoms with Crippen molar-refractivity contribution in [1.29, 1.82) is 0 Å². The van der Waals surface area contributed by atoms with Gasteiger partial charge in [0.1, 0.15) is 22.9 Å². The summed E-state index contributed by atoms with van der Waals surface area (Å²) in [7, 11) is 0. The van der Waals surface area contributed by atoms with Gasteiger partial charge < -0.3 is 10.8 Å². The standard InChI is InChI=1S/C19H17BrF2N2O/c20-16-3-2-15(4-7-19(25)5-1-6-19)24-18(16)17(23)10-12-8-13(21)11-14(22)9-12/h2-3,8-9,11,17,25H,1,5-6,10,23H2. The van der Waals surface area contributed by atoms with E-state index in [1.165, 1.54) is 12.1 Å². The van der Waals surface area contributed by atoms with E-state index in [1.807, 2.05) is 0 Å². The van der Waals surface area contributed by atoms with Crippen LogP contribution in [-0.4, -0.2) is 15.7 Å². The molecule has 0 amide bonds. The molecule has 1 unspecified atom stereocenters. The van der Waals surface area contributed by atoms with Gasteiger partial charge in [0.25, 0.3) is 0 Å². The smallest absolute Gasteiger partial charge is 0.126 e. The molecule has 1 aliphatic carbocycles. The Balaban J connectivity index is 1.81. The van der Waals surface area contributed by atoms with Gasteiger partial charge in [0.05, 0.1) is 11.7 Å². The van der Waals surface area contributed by atoms with E-state index in [0.717, 1.165) is 12.5 Å². The summed E-state index contributed by atoms with van der Waals surface area (Å²) in [5, 5.41) is 10.0. The van der Waals surface area contributed by atoms with Crippen LogP contribution in [0.1, 0.15) is 42.3 Å². The summed E-state index contributed by atoms with van der Waals surface area (Å²) in [6.07, 6.45) is 2.56. The van der Waals surface area contributed by atoms with Crippen LogP contribution in [0.25, 0.3) is 0 Å². The van der Waals surface area contributed by atoms with Crippen molar-refractivity contribution in [1.82, 2.24) is 4.98 Å². The topological polar surface area (TPSA) is 59.1 Å². The summed E-state index contributed by atoms with van der Waals surface area (Å²) < 4.78 is 27.4. The number of pyridine rings is 1. The largest absolute Gasteiger partial charge is 0.378 e. The molecule has 1 atom stereocenters. The van der Waals surface area contributed by atoms with Crippen LogP contribution in [0.3, 0.4) is 0 Å². The molecule has 1 aromatic heterocycles. The van der Waals surface area contributed by atoms with Crippen molar-refractivity contribution in [3.63, 3.8) is 0 Å². The quantitative estimate of drug-likeness (QED) is 0.765. The van der Waals surface area contributed by atoms with Crippen LogP contribution >= 0.6 is 15.9 Å². The summed E-state index contributed by atoms with van der Waals surface area (Å²) in [6.45, 7) is 0. The summed E-state index contributed by atoms with van der Waals surface area (Å²) >= 11 is 3.40. The fraction of sp³-hybridized carbons (Fsp3) is 0.316. The highest BCUT2D eigenvalue weighted by Gasteiger charge is 2.32. The Hall–Kier alpha value is -1.81. The lowest BCUT2D eigenvalue weighted by atomic mass is 9.81. The Morgan fingerprint density at radius 1 is 1.24 bits per heavy atom. The maximum absolute atomic E-state index is 13.3. The van der Waals surface area contributed by atoms with E-state index in [-0.39, 0.29) is 6.42 Å². The monoisotopic (exact) mass is 406 g/mol. The highest BCUT2D eigenvalue weighted by molar-refractivity contribution is 9.10. The number of hydrogen-bond donors (Lipinski definition) is 2. The second-order valence-electron chi connectivity index (χ2n) is 6.29. The molecule has 130 valence electrons. The number of aromatic nitrogens is 1. The van der Waals surface area contributed by atoms with E-state index < -0.39 is 23.3 Å². The third-order valence-corrected chi connectivity index (χ3v) is 4.88. The van der Waals surface area contributed by atoms with Gasteiger partial charge >= 0.3 is 0 Å². The zero-order valence-electron chi connectivity index (χ0n) is 13.4. The van der Waals surface area contributed by atoms with Crippen molar-refractivity contribution in [2.45, 2.75) is 37.3 Å². The second kappa shape index (κ2) is 7.20. The number of benzene rings is 1. The first-order valence-electron chi connectivity index (χ1n) is 7.97. The van der Waals surface area contributed by atoms with Crippen LogP contribution in [0.5, 0.6) is 0 Å². The van der Waals surface area contributed by atoms with Crippen LogP contribution < -0.4 is 5.73 Å². The molecule has 25 heavy (non-hydrogen) atoms. The molecular formula is C19H17BrF2N2O. The fourth-order valence-electron chi connectivity index (χ4n) is 2.68. The lowest BCUT2D eigenvalue weighted by molar-refractivity contribution is 0.0239. The van der Waals surface area contributed by atoms with Gasteiger partial charge in [-0.2, -0.15) is 0 Å². The maximum atomic E-state index is 13.3. The number of nitrogens with zero attached hydrogens (tertiary/aromatic N) is 1. The van der Waals surface area contributed by atoms with Gasteiger partial charge in [-0.25, -0.2) is 13.8 Å². The van der Waals surface area contributed by atoms with E-state index in [4.69, 9.17) is 5.73 Å². The second-order valence-corrected chi connectivity index (χ2v) is 7.14. The van der Waals surface area contributed by atoms with Crippen LogP contribution in [0, 0.1) is 23.5 Å². The van der Waals surface area contributed by atoms with Gasteiger partial charge in [-0.3, -0.25) is 0 Å². The van der Waals surface area contributed by atoms with Crippen LogP contribution in [0.2, 0.25) is 0 Å². The molecule has 0 bridgehead atoms. The molecule has 1 aliphatic rings. The van der Waals surface area contributed by atoms with Crippen LogP contribution in [0.15, 0.2) is 34.8 Å². The molecule has 1 aromatic carbocycles. The molecule has 1 heterocycles. The third kappa shape index (κ3) is 4.43. The van der Waals surface area contributed by atoms with Crippen molar-refractivity contribution in [2.75, 3.05) is 0 Å². The lowest BCUT2D eigenvalue weighted by Gasteiger charge is -2.30. The Morgan fingerprint density at radius 2 is 1.92 bits per heavy atom. The Labute approximate surface area is 153 Å². The summed E-state index contributed by atoms with van der Waals surface area (Å²) in [6, 6.07) is 6.30. The van der Waals surface area contributed by atoms with Crippen molar-refractivity contribution in [3.05, 3.63) is 63.4 Å². The minimum Gasteiger partial charge on any atom is -0.378 e. The third-order valence-electron chi connectivity index (χ3n) is 4.21. The van der Waals surface area contributed by atoms with E-state index in [2.05, 4.69) is 32.8 Å². The van der Waals surface area contributed by atoms with Gasteiger partial charge in [0.2, 0.25) is 0 Å². The number of aliphatic hydroxyl groups is 1. The molecule has 3 N–H and O–H groups in total. The molecule has 0 radical (unpaired) electrons. The Morgan fingerprint density at radius 3 is 2.52 bits per heavy atom. The van der Waals surface area contributed by atoms with Gasteiger partial charge in [0, 0.05) is 10.5 Å². The van der Waals surface area contributed by atoms with Gasteiger partial charge in [-0.1, -0.05) is 5.92 Å². The molecule has 6 heteroatoms. The predicted octanol–water partition coefficient (Wildman–Crippen LogP) is 3.63. The fourth-order valence-corrected chi connectivity index (χ4v) is 3.20. The molecule has 0 aliphatic heterocycles. The molecule has 0 saturated heterocycles. The minimum absolute atomic E-state index is 0.237. The van der Waals surface area contributed by atoms with E-state index in [0.29, 0.717) is 34.3 Å². The number of nitrogens with two attached hydrogens (primary N) is 1. The summed E-state index contributed by atoms with van der Waals surface area (Å²) in [5.41, 5.74) is 6.78. The van der Waals surface area contributed by atoms with Crippen molar-refractivity contribution in [3.8, 4) is 11.8 Å². The number of rotatable bonds is 3. The molecule has 1 fully saturated rings. The summed E-state index contributed by atoms with van der Waals surface area (Å²) in [4.78, 5) is 4.43. The van der Waals surface area contributed by atoms with Gasteiger partial charge in [0.15, 0.2) is 0 Å². The molecule has 0 spiro atoms. The first kappa shape index (κ1) is 18.0. The predicted molar refractivity (Wildman–Crippen MR) is 94.6 cm³/mol. The summed E-state index contributed by atoms with van der Waals surface area (Å²) in [5.74, 6) is 4.46. The van der Waals surface area contributed by atoms with Crippen molar-refractivity contribution >= 4 is 15.9 Å². The molecule has 1 saturated carbocycles. The van der Waals surface area contributed by atoms with Crippen LogP contribution in [0.4, 0.5) is 8.78 Å². The first-order valence-corrected chi connectivity index (χ1v) is 8.76. The molecule has 3 nitrogen and oxygen atoms in total. The highest BCUT2D eigenvalue weighted by Crippen LogP contribution is 2.30. The average molecular weight is 407 g/mol. The lowest BCUT2D eigenvalue weighted by Crippen LogP contribution is -2.34. The number of hydrogen-bond acceptors (Lipinski definition) is 3. The molecular weight excluding hydrogens is 390 g/mol. The van der Waals surface area contributed by atoms with Crippen molar-refractivity contribution < 1.29 is 13.9 Å². The Bertz CT molecular complexity index is 836. The van der Waals surface area contributed by atoms with E-state index in [9.17, 15) is 13.9 Å². The average Bonchev–Trinajstić information content (AvgIpc) is 2.51. The first-order chi connectivity index (χ1) is 11.8.